The Morgan fingerprint density at radius 2 is 2.22 bits per heavy atom. The molecule has 1 N–H and O–H groups in total. The number of rotatable bonds is 5. The SMILES string of the molecule is CCCNC(C)c1nnc(-c2ncccc2C)s1. The molecule has 2 rings (SSSR count). The van der Waals surface area contributed by atoms with Crippen molar-refractivity contribution < 1.29 is 0 Å². The normalized spacial score (nSPS) is 12.6. The number of nitrogens with zero attached hydrogens (tertiary/aromatic N) is 3. The lowest BCUT2D eigenvalue weighted by molar-refractivity contribution is 0.564. The molecule has 2 aromatic rings. The van der Waals surface area contributed by atoms with E-state index in [9.17, 15) is 0 Å². The van der Waals surface area contributed by atoms with Gasteiger partial charge in [-0.05, 0) is 38.4 Å². The predicted molar refractivity (Wildman–Crippen MR) is 74.6 cm³/mol. The van der Waals surface area contributed by atoms with E-state index in [0.29, 0.717) is 0 Å². The van der Waals surface area contributed by atoms with E-state index in [4.69, 9.17) is 0 Å². The molecule has 0 bridgehead atoms. The van der Waals surface area contributed by atoms with Gasteiger partial charge >= 0.3 is 0 Å². The molecule has 0 aromatic carbocycles. The van der Waals surface area contributed by atoms with Gasteiger partial charge in [0.15, 0.2) is 5.01 Å². The van der Waals surface area contributed by atoms with Crippen molar-refractivity contribution in [1.29, 1.82) is 0 Å². The fourth-order valence-corrected chi connectivity index (χ4v) is 2.59. The Morgan fingerprint density at radius 1 is 1.39 bits per heavy atom. The van der Waals surface area contributed by atoms with Gasteiger partial charge in [0, 0.05) is 6.20 Å². The second-order valence-electron chi connectivity index (χ2n) is 4.29. The molecule has 18 heavy (non-hydrogen) atoms. The number of hydrogen-bond acceptors (Lipinski definition) is 5. The highest BCUT2D eigenvalue weighted by molar-refractivity contribution is 7.14. The van der Waals surface area contributed by atoms with Crippen LogP contribution in [-0.4, -0.2) is 21.7 Å². The van der Waals surface area contributed by atoms with Crippen molar-refractivity contribution in [3.05, 3.63) is 28.9 Å². The quantitative estimate of drug-likeness (QED) is 0.900. The van der Waals surface area contributed by atoms with Crippen molar-refractivity contribution >= 4 is 11.3 Å². The second-order valence-corrected chi connectivity index (χ2v) is 5.30. The Labute approximate surface area is 111 Å². The molecule has 0 aliphatic heterocycles. The third kappa shape index (κ3) is 2.91. The molecule has 0 aliphatic rings. The van der Waals surface area contributed by atoms with Gasteiger partial charge in [0.1, 0.15) is 10.7 Å². The van der Waals surface area contributed by atoms with E-state index >= 15 is 0 Å². The first kappa shape index (κ1) is 13.1. The third-order valence-corrected chi connectivity index (χ3v) is 3.84. The van der Waals surface area contributed by atoms with Gasteiger partial charge in [-0.2, -0.15) is 0 Å². The van der Waals surface area contributed by atoms with E-state index in [1.807, 2.05) is 19.1 Å². The molecule has 96 valence electrons. The van der Waals surface area contributed by atoms with E-state index < -0.39 is 0 Å². The van der Waals surface area contributed by atoms with E-state index in [0.717, 1.165) is 34.2 Å². The van der Waals surface area contributed by atoms with Crippen LogP contribution in [-0.2, 0) is 0 Å². The number of hydrogen-bond donors (Lipinski definition) is 1. The Hall–Kier alpha value is -1.33. The van der Waals surface area contributed by atoms with Crippen molar-refractivity contribution in [3.8, 4) is 10.7 Å². The van der Waals surface area contributed by atoms with Crippen molar-refractivity contribution in [3.63, 3.8) is 0 Å². The van der Waals surface area contributed by atoms with Gasteiger partial charge in [0.05, 0.1) is 6.04 Å². The summed E-state index contributed by atoms with van der Waals surface area (Å²) in [5, 5.41) is 13.8. The van der Waals surface area contributed by atoms with Gasteiger partial charge in [-0.1, -0.05) is 24.3 Å². The van der Waals surface area contributed by atoms with Gasteiger partial charge in [-0.15, -0.1) is 10.2 Å². The molecule has 0 radical (unpaired) electrons. The van der Waals surface area contributed by atoms with Crippen molar-refractivity contribution in [2.24, 2.45) is 0 Å². The van der Waals surface area contributed by atoms with Crippen molar-refractivity contribution in [2.75, 3.05) is 6.54 Å². The molecule has 1 atom stereocenters. The standard InChI is InChI=1S/C13H18N4S/c1-4-7-14-10(3)12-16-17-13(18-12)11-9(2)6-5-8-15-11/h5-6,8,10,14H,4,7H2,1-3H3. The molecule has 5 heteroatoms. The van der Waals surface area contributed by atoms with Crippen LogP contribution < -0.4 is 5.32 Å². The summed E-state index contributed by atoms with van der Waals surface area (Å²) in [6, 6.07) is 4.23. The fraction of sp³-hybridized carbons (Fsp3) is 0.462. The topological polar surface area (TPSA) is 50.7 Å². The number of aryl methyl sites for hydroxylation is 1. The first-order valence-corrected chi connectivity index (χ1v) is 7.02. The van der Waals surface area contributed by atoms with Crippen LogP contribution in [0.5, 0.6) is 0 Å². The van der Waals surface area contributed by atoms with Gasteiger partial charge < -0.3 is 5.32 Å². The maximum Gasteiger partial charge on any atom is 0.166 e. The lowest BCUT2D eigenvalue weighted by Gasteiger charge is -2.08. The van der Waals surface area contributed by atoms with Gasteiger partial charge in [0.25, 0.3) is 0 Å². The average molecular weight is 262 g/mol. The van der Waals surface area contributed by atoms with Crippen LogP contribution in [0.4, 0.5) is 0 Å². The monoisotopic (exact) mass is 262 g/mol. The van der Waals surface area contributed by atoms with E-state index in [2.05, 4.69) is 34.3 Å². The highest BCUT2D eigenvalue weighted by Crippen LogP contribution is 2.27. The van der Waals surface area contributed by atoms with Crippen LogP contribution in [0.3, 0.4) is 0 Å². The zero-order chi connectivity index (χ0) is 13.0. The average Bonchev–Trinajstić information content (AvgIpc) is 2.86. The number of aromatic nitrogens is 3. The van der Waals surface area contributed by atoms with Gasteiger partial charge in [-0.25, -0.2) is 0 Å². The van der Waals surface area contributed by atoms with Gasteiger partial charge in [-0.3, -0.25) is 4.98 Å². The Balaban J connectivity index is 2.18. The highest BCUT2D eigenvalue weighted by atomic mass is 32.1. The summed E-state index contributed by atoms with van der Waals surface area (Å²) in [5.74, 6) is 0. The molecule has 0 aliphatic carbocycles. The van der Waals surface area contributed by atoms with E-state index in [1.165, 1.54) is 0 Å². The summed E-state index contributed by atoms with van der Waals surface area (Å²) in [6.07, 6.45) is 2.91. The maximum absolute atomic E-state index is 4.37. The number of pyridine rings is 1. The third-order valence-electron chi connectivity index (χ3n) is 2.72. The summed E-state index contributed by atoms with van der Waals surface area (Å²) in [4.78, 5) is 4.37. The molecule has 0 spiro atoms. The molecule has 1 unspecified atom stereocenters. The largest absolute Gasteiger partial charge is 0.308 e. The molecule has 0 fully saturated rings. The van der Waals surface area contributed by atoms with E-state index in [-0.39, 0.29) is 6.04 Å². The molecule has 0 saturated carbocycles. The molecular weight excluding hydrogens is 244 g/mol. The minimum atomic E-state index is 0.250. The van der Waals surface area contributed by atoms with Crippen LogP contribution in [0.1, 0.15) is 36.9 Å². The molecule has 0 saturated heterocycles. The lowest BCUT2D eigenvalue weighted by atomic mass is 10.2. The molecular formula is C13H18N4S. The first-order chi connectivity index (χ1) is 8.72. The zero-order valence-corrected chi connectivity index (χ0v) is 11.8. The summed E-state index contributed by atoms with van der Waals surface area (Å²) >= 11 is 1.61. The van der Waals surface area contributed by atoms with Crippen molar-refractivity contribution in [2.45, 2.75) is 33.2 Å². The van der Waals surface area contributed by atoms with E-state index in [1.54, 1.807) is 17.5 Å². The molecule has 4 nitrogen and oxygen atoms in total. The molecule has 2 heterocycles. The van der Waals surface area contributed by atoms with Crippen molar-refractivity contribution in [1.82, 2.24) is 20.5 Å². The lowest BCUT2D eigenvalue weighted by Crippen LogP contribution is -2.18. The van der Waals surface area contributed by atoms with Crippen LogP contribution in [0, 0.1) is 6.92 Å². The summed E-state index contributed by atoms with van der Waals surface area (Å²) in [5.41, 5.74) is 2.07. The Kier molecular flexibility index (Phi) is 4.38. The van der Waals surface area contributed by atoms with Crippen LogP contribution >= 0.6 is 11.3 Å². The van der Waals surface area contributed by atoms with Gasteiger partial charge in [0.2, 0.25) is 0 Å². The second kappa shape index (κ2) is 6.02. The first-order valence-electron chi connectivity index (χ1n) is 6.21. The summed E-state index contributed by atoms with van der Waals surface area (Å²) in [6.45, 7) is 7.31. The summed E-state index contributed by atoms with van der Waals surface area (Å²) in [7, 11) is 0. The Morgan fingerprint density at radius 3 is 2.94 bits per heavy atom. The van der Waals surface area contributed by atoms with Crippen LogP contribution in [0.25, 0.3) is 10.7 Å². The summed E-state index contributed by atoms with van der Waals surface area (Å²) < 4.78 is 0. The number of nitrogens with one attached hydrogen (secondary N) is 1. The predicted octanol–water partition coefficient (Wildman–Crippen LogP) is 2.97. The van der Waals surface area contributed by atoms with Crippen LogP contribution in [0.15, 0.2) is 18.3 Å². The highest BCUT2D eigenvalue weighted by Gasteiger charge is 2.14. The fourth-order valence-electron chi connectivity index (χ4n) is 1.66. The maximum atomic E-state index is 4.37. The van der Waals surface area contributed by atoms with Crippen LogP contribution in [0.2, 0.25) is 0 Å². The molecule has 0 amide bonds. The minimum Gasteiger partial charge on any atom is -0.308 e. The molecule has 2 aromatic heterocycles. The zero-order valence-electron chi connectivity index (χ0n) is 11.0. The smallest absolute Gasteiger partial charge is 0.166 e. The minimum absolute atomic E-state index is 0.250. The Bertz CT molecular complexity index is 509.